The van der Waals surface area contributed by atoms with Crippen molar-refractivity contribution in [2.24, 2.45) is 0 Å². The summed E-state index contributed by atoms with van der Waals surface area (Å²) in [7, 11) is 0. The second-order valence-corrected chi connectivity index (χ2v) is 14.4. The molecule has 4 nitrogen and oxygen atoms in total. The molecule has 0 saturated carbocycles. The number of hydrogen-bond acceptors (Lipinski definition) is 4. The minimum Gasteiger partial charge on any atom is -0.455 e. The standard InChI is InChI=1S/C57H44FN3O/c58-51-29-28-49-48-17-10-18-50(56(48)62-57(49)55(51)47-15-8-3-9-16-47)54-32-27-41(38-61-54)21-24-44-34-42(22-19-39-25-30-52(59-36-39)45-11-4-1-5-12-45)33-43(35-44)23-20-40-26-31-53(60-37-40)46-13-6-2-7-14-46/h1-18,25-38H,19-24H2/i19D2,20D2,21D2,22D2,23D2,24D2,29D. The number of benzene rings is 6. The molecule has 10 aromatic rings. The van der Waals surface area contributed by atoms with Crippen molar-refractivity contribution in [2.75, 3.05) is 0 Å². The lowest BCUT2D eigenvalue weighted by atomic mass is 9.94. The molecule has 10 rings (SSSR count). The van der Waals surface area contributed by atoms with Crippen LogP contribution in [0.1, 0.15) is 51.2 Å². The molecule has 0 amide bonds. The van der Waals surface area contributed by atoms with Crippen molar-refractivity contribution in [3.05, 3.63) is 234 Å². The average molecular weight is 819 g/mol. The minimum absolute atomic E-state index is 0.114. The summed E-state index contributed by atoms with van der Waals surface area (Å²) < 4.78 is 143. The third kappa shape index (κ3) is 8.43. The molecule has 4 aromatic heterocycles. The molecule has 0 aliphatic heterocycles. The van der Waals surface area contributed by atoms with Crippen molar-refractivity contribution in [3.63, 3.8) is 0 Å². The number of nitrogens with zero attached hydrogens (tertiary/aromatic N) is 3. The fourth-order valence-corrected chi connectivity index (χ4v) is 7.24. The maximum atomic E-state index is 15.7. The van der Waals surface area contributed by atoms with Gasteiger partial charge in [-0.25, -0.2) is 4.39 Å². The maximum absolute atomic E-state index is 15.7. The Morgan fingerprint density at radius 1 is 0.419 bits per heavy atom. The highest BCUT2D eigenvalue weighted by molar-refractivity contribution is 6.12. The Morgan fingerprint density at radius 3 is 1.32 bits per heavy atom. The molecule has 0 aliphatic carbocycles. The van der Waals surface area contributed by atoms with E-state index in [1.54, 1.807) is 48.5 Å². The van der Waals surface area contributed by atoms with Crippen LogP contribution in [0.25, 0.3) is 66.8 Å². The SMILES string of the molecule is [2H]c1cc2c(oc3c(-c4ccc(C([2H])([2H])C([2H])([2H])c5cc(C([2H])([2H])C([2H])([2H])c6ccc(-c7ccccc7)nc6)cc(C([2H])([2H])C([2H])([2H])c6ccc(-c7ccccc7)nc6)c5)cn4)cccc32)c(-c2ccccc2)c1F. The van der Waals surface area contributed by atoms with Gasteiger partial charge in [-0.2, -0.15) is 0 Å². The molecule has 0 saturated heterocycles. The molecule has 0 atom stereocenters. The van der Waals surface area contributed by atoms with E-state index in [2.05, 4.69) is 15.0 Å². The van der Waals surface area contributed by atoms with Gasteiger partial charge in [-0.05, 0) is 114 Å². The number of fused-ring (bicyclic) bond motifs is 3. The quantitative estimate of drug-likeness (QED) is 0.116. The summed E-state index contributed by atoms with van der Waals surface area (Å²) >= 11 is 0. The highest BCUT2D eigenvalue weighted by Crippen LogP contribution is 2.40. The summed E-state index contributed by atoms with van der Waals surface area (Å²) in [4.78, 5) is 13.3. The normalized spacial score (nSPS) is 15.9. The monoisotopic (exact) mass is 818 g/mol. The number of para-hydroxylation sites is 1. The van der Waals surface area contributed by atoms with Gasteiger partial charge in [-0.3, -0.25) is 15.0 Å². The van der Waals surface area contributed by atoms with Crippen LogP contribution in [0.2, 0.25) is 0 Å². The van der Waals surface area contributed by atoms with Crippen LogP contribution in [0.15, 0.2) is 199 Å². The van der Waals surface area contributed by atoms with Crippen LogP contribution >= 0.6 is 0 Å². The van der Waals surface area contributed by atoms with E-state index in [4.69, 9.17) is 5.79 Å². The number of aryl methyl sites for hydroxylation is 6. The van der Waals surface area contributed by atoms with Crippen LogP contribution in [-0.4, -0.2) is 15.0 Å². The Balaban J connectivity index is 1.05. The largest absolute Gasteiger partial charge is 0.455 e. The highest BCUT2D eigenvalue weighted by atomic mass is 19.1. The fraction of sp³-hybridized carbons (Fsp3) is 0.105. The summed E-state index contributed by atoms with van der Waals surface area (Å²) in [6.07, 6.45) is -14.7. The second kappa shape index (κ2) is 17.6. The predicted molar refractivity (Wildman–Crippen MR) is 250 cm³/mol. The van der Waals surface area contributed by atoms with E-state index in [9.17, 15) is 16.4 Å². The zero-order valence-corrected chi connectivity index (χ0v) is 33.0. The van der Waals surface area contributed by atoms with Crippen molar-refractivity contribution >= 4 is 21.9 Å². The fourth-order valence-electron chi connectivity index (χ4n) is 7.24. The molecule has 5 heteroatoms. The van der Waals surface area contributed by atoms with E-state index in [1.807, 2.05) is 60.7 Å². The van der Waals surface area contributed by atoms with Gasteiger partial charge in [-0.15, -0.1) is 0 Å². The Morgan fingerprint density at radius 2 is 0.855 bits per heavy atom. The van der Waals surface area contributed by atoms with E-state index >= 15 is 4.39 Å². The van der Waals surface area contributed by atoms with Crippen LogP contribution in [0.4, 0.5) is 4.39 Å². The lowest BCUT2D eigenvalue weighted by Gasteiger charge is -2.12. The molecule has 0 bridgehead atoms. The van der Waals surface area contributed by atoms with Crippen molar-refractivity contribution in [3.8, 4) is 44.9 Å². The Hall–Kier alpha value is -7.50. The highest BCUT2D eigenvalue weighted by Gasteiger charge is 2.19. The summed E-state index contributed by atoms with van der Waals surface area (Å²) in [6.45, 7) is 0. The molecule has 0 fully saturated rings. The lowest BCUT2D eigenvalue weighted by Crippen LogP contribution is -2.00. The van der Waals surface area contributed by atoms with Gasteiger partial charge >= 0.3 is 0 Å². The molecular weight excluding hydrogens is 762 g/mol. The Kier molecular flexibility index (Phi) is 7.57. The Labute approximate surface area is 379 Å². The van der Waals surface area contributed by atoms with Gasteiger partial charge in [0.15, 0.2) is 0 Å². The molecule has 0 radical (unpaired) electrons. The number of hydrogen-bond donors (Lipinski definition) is 0. The summed E-state index contributed by atoms with van der Waals surface area (Å²) in [5, 5.41) is 1.06. The first-order valence-electron chi connectivity index (χ1n) is 26.4. The van der Waals surface area contributed by atoms with E-state index < -0.39 is 60.7 Å². The molecule has 0 aliphatic rings. The van der Waals surface area contributed by atoms with Gasteiger partial charge in [0.25, 0.3) is 0 Å². The van der Waals surface area contributed by atoms with Crippen molar-refractivity contribution in [2.45, 2.75) is 38.2 Å². The second-order valence-electron chi connectivity index (χ2n) is 14.4. The van der Waals surface area contributed by atoms with Crippen molar-refractivity contribution in [1.29, 1.82) is 0 Å². The van der Waals surface area contributed by atoms with E-state index in [0.29, 0.717) is 38.9 Å². The molecule has 0 unspecified atom stereocenters. The number of halogens is 1. The third-order valence-electron chi connectivity index (χ3n) is 10.3. The first-order chi connectivity index (χ1) is 35.6. The predicted octanol–water partition coefficient (Wildman–Crippen LogP) is 13.9. The Bertz CT molecular complexity index is 3600. The van der Waals surface area contributed by atoms with Crippen LogP contribution < -0.4 is 0 Å². The summed E-state index contributed by atoms with van der Waals surface area (Å²) in [5.74, 6) is -0.757. The molecule has 6 aromatic carbocycles. The summed E-state index contributed by atoms with van der Waals surface area (Å²) in [6, 6.07) is 44.5. The molecule has 62 heavy (non-hydrogen) atoms. The lowest BCUT2D eigenvalue weighted by molar-refractivity contribution is 0.622. The number of pyridine rings is 3. The molecule has 0 spiro atoms. The van der Waals surface area contributed by atoms with E-state index in [0.717, 1.165) is 35.5 Å². The number of aromatic nitrogens is 3. The number of furan rings is 1. The molecule has 0 N–H and O–H groups in total. The minimum atomic E-state index is -3.16. The number of rotatable bonds is 13. The first kappa shape index (κ1) is 26.7. The van der Waals surface area contributed by atoms with E-state index in [1.165, 1.54) is 54.9 Å². The van der Waals surface area contributed by atoms with E-state index in [-0.39, 0.29) is 39.6 Å². The van der Waals surface area contributed by atoms with Crippen LogP contribution in [-0.2, 0) is 38.2 Å². The first-order valence-corrected chi connectivity index (χ1v) is 19.9. The third-order valence-corrected chi connectivity index (χ3v) is 10.3. The molecule has 300 valence electrons. The smallest absolute Gasteiger partial charge is 0.146 e. The van der Waals surface area contributed by atoms with Gasteiger partial charge in [0.2, 0.25) is 0 Å². The average Bonchev–Trinajstić information content (AvgIpc) is 3.79. The summed E-state index contributed by atoms with van der Waals surface area (Å²) in [5.41, 5.74) is 1.83. The van der Waals surface area contributed by atoms with Gasteiger partial charge in [0, 0.05) is 62.5 Å². The topological polar surface area (TPSA) is 51.8 Å². The zero-order valence-electron chi connectivity index (χ0n) is 46.0. The van der Waals surface area contributed by atoms with Gasteiger partial charge in [-0.1, -0.05) is 140 Å². The van der Waals surface area contributed by atoms with Crippen molar-refractivity contribution < 1.29 is 26.6 Å². The molecule has 4 heterocycles. The van der Waals surface area contributed by atoms with Crippen LogP contribution in [0.3, 0.4) is 0 Å². The van der Waals surface area contributed by atoms with Gasteiger partial charge < -0.3 is 4.42 Å². The van der Waals surface area contributed by atoms with Gasteiger partial charge in [0.1, 0.15) is 17.0 Å². The maximum Gasteiger partial charge on any atom is 0.146 e. The zero-order chi connectivity index (χ0) is 53.3. The van der Waals surface area contributed by atoms with Crippen molar-refractivity contribution in [1.82, 2.24) is 15.0 Å². The van der Waals surface area contributed by atoms with Gasteiger partial charge in [0.05, 0.1) is 24.0 Å². The molecular formula is C57H44FN3O. The van der Waals surface area contributed by atoms with Crippen LogP contribution in [0.5, 0.6) is 0 Å². The van der Waals surface area contributed by atoms with Crippen LogP contribution in [0, 0.1) is 5.82 Å².